The molecule has 0 atom stereocenters. The van der Waals surface area contributed by atoms with E-state index in [2.05, 4.69) is 37.6 Å². The van der Waals surface area contributed by atoms with Crippen LogP contribution in [0, 0.1) is 0 Å². The molecule has 1 aliphatic carbocycles. The standard InChI is InChI=1S/C14H21BrN2S/c15-12-4-9-18-13(12)10-17-8-7-16-11-14(17)5-2-1-3-6-14/h4,9,16H,1-3,5-8,10-11H2. The van der Waals surface area contributed by atoms with Gasteiger partial charge in [-0.1, -0.05) is 19.3 Å². The van der Waals surface area contributed by atoms with Crippen LogP contribution < -0.4 is 5.32 Å². The topological polar surface area (TPSA) is 15.3 Å². The third-order valence-electron chi connectivity index (χ3n) is 4.49. The van der Waals surface area contributed by atoms with Crippen molar-refractivity contribution in [3.8, 4) is 0 Å². The van der Waals surface area contributed by atoms with Crippen molar-refractivity contribution in [3.63, 3.8) is 0 Å². The smallest absolute Gasteiger partial charge is 0.0345 e. The molecule has 1 aromatic heterocycles. The van der Waals surface area contributed by atoms with Gasteiger partial charge in [-0.2, -0.15) is 0 Å². The Balaban J connectivity index is 1.77. The fraction of sp³-hybridized carbons (Fsp3) is 0.714. The second-order valence-electron chi connectivity index (χ2n) is 5.58. The monoisotopic (exact) mass is 328 g/mol. The summed E-state index contributed by atoms with van der Waals surface area (Å²) in [5, 5.41) is 5.81. The molecule has 1 saturated heterocycles. The molecule has 1 N–H and O–H groups in total. The molecule has 1 aliphatic heterocycles. The molecule has 1 saturated carbocycles. The fourth-order valence-corrected chi connectivity index (χ4v) is 4.94. The van der Waals surface area contributed by atoms with E-state index in [1.165, 1.54) is 54.5 Å². The summed E-state index contributed by atoms with van der Waals surface area (Å²) >= 11 is 5.56. The Hall–Kier alpha value is 0.1000. The number of nitrogens with zero attached hydrogens (tertiary/aromatic N) is 1. The van der Waals surface area contributed by atoms with E-state index in [9.17, 15) is 0 Å². The summed E-state index contributed by atoms with van der Waals surface area (Å²) in [4.78, 5) is 4.24. The lowest BCUT2D eigenvalue weighted by atomic mass is 9.79. The Morgan fingerprint density at radius 1 is 1.33 bits per heavy atom. The third-order valence-corrected chi connectivity index (χ3v) is 6.40. The van der Waals surface area contributed by atoms with Crippen molar-refractivity contribution in [1.29, 1.82) is 0 Å². The van der Waals surface area contributed by atoms with Crippen molar-refractivity contribution in [3.05, 3.63) is 20.8 Å². The number of hydrogen-bond donors (Lipinski definition) is 1. The van der Waals surface area contributed by atoms with Gasteiger partial charge in [0.25, 0.3) is 0 Å². The van der Waals surface area contributed by atoms with E-state index in [0.717, 1.165) is 13.1 Å². The predicted molar refractivity (Wildman–Crippen MR) is 81.1 cm³/mol. The fourth-order valence-electron chi connectivity index (χ4n) is 3.44. The highest BCUT2D eigenvalue weighted by molar-refractivity contribution is 9.10. The summed E-state index contributed by atoms with van der Waals surface area (Å²) < 4.78 is 1.29. The molecule has 0 unspecified atom stereocenters. The van der Waals surface area contributed by atoms with Crippen molar-refractivity contribution in [2.24, 2.45) is 0 Å². The Kier molecular flexibility index (Phi) is 4.09. The van der Waals surface area contributed by atoms with Gasteiger partial charge in [0.15, 0.2) is 0 Å². The number of rotatable bonds is 2. The number of nitrogens with one attached hydrogen (secondary N) is 1. The zero-order valence-electron chi connectivity index (χ0n) is 10.8. The lowest BCUT2D eigenvalue weighted by molar-refractivity contribution is 0.0215. The number of piperazine rings is 1. The molecule has 18 heavy (non-hydrogen) atoms. The number of hydrogen-bond acceptors (Lipinski definition) is 3. The molecule has 1 aromatic rings. The minimum Gasteiger partial charge on any atom is -0.314 e. The maximum absolute atomic E-state index is 3.67. The van der Waals surface area contributed by atoms with Crippen LogP contribution in [-0.2, 0) is 6.54 Å². The SMILES string of the molecule is Brc1ccsc1CN1CCNCC12CCCCC2. The number of thiophene rings is 1. The van der Waals surface area contributed by atoms with Gasteiger partial charge in [0.2, 0.25) is 0 Å². The van der Waals surface area contributed by atoms with Gasteiger partial charge in [-0.3, -0.25) is 4.90 Å². The molecular formula is C14H21BrN2S. The molecule has 100 valence electrons. The summed E-state index contributed by atoms with van der Waals surface area (Å²) in [6, 6.07) is 2.18. The van der Waals surface area contributed by atoms with Gasteiger partial charge in [0.05, 0.1) is 0 Å². The zero-order valence-corrected chi connectivity index (χ0v) is 13.2. The Labute approximate surface area is 122 Å². The summed E-state index contributed by atoms with van der Waals surface area (Å²) in [7, 11) is 0. The maximum Gasteiger partial charge on any atom is 0.0345 e. The van der Waals surface area contributed by atoms with Crippen LogP contribution in [0.3, 0.4) is 0 Å². The van der Waals surface area contributed by atoms with E-state index in [0.29, 0.717) is 5.54 Å². The lowest BCUT2D eigenvalue weighted by Crippen LogP contribution is -2.61. The second kappa shape index (κ2) is 5.61. The first-order valence-corrected chi connectivity index (χ1v) is 8.65. The lowest BCUT2D eigenvalue weighted by Gasteiger charge is -2.50. The van der Waals surface area contributed by atoms with E-state index in [1.807, 2.05) is 11.3 Å². The zero-order chi connectivity index (χ0) is 12.4. The number of halogens is 1. The average molecular weight is 329 g/mol. The minimum absolute atomic E-state index is 0.444. The molecule has 2 fully saturated rings. The van der Waals surface area contributed by atoms with Crippen LogP contribution in [0.25, 0.3) is 0 Å². The predicted octanol–water partition coefficient (Wildman–Crippen LogP) is 3.62. The average Bonchev–Trinajstić information content (AvgIpc) is 2.79. The van der Waals surface area contributed by atoms with Crippen molar-refractivity contribution < 1.29 is 0 Å². The molecule has 3 rings (SSSR count). The highest BCUT2D eigenvalue weighted by Gasteiger charge is 2.39. The quantitative estimate of drug-likeness (QED) is 0.891. The molecule has 2 aliphatic rings. The Morgan fingerprint density at radius 2 is 2.17 bits per heavy atom. The van der Waals surface area contributed by atoms with E-state index in [-0.39, 0.29) is 0 Å². The van der Waals surface area contributed by atoms with Crippen molar-refractivity contribution in [2.75, 3.05) is 19.6 Å². The minimum atomic E-state index is 0.444. The van der Waals surface area contributed by atoms with Crippen LogP contribution in [0.15, 0.2) is 15.9 Å². The van der Waals surface area contributed by atoms with Crippen LogP contribution >= 0.6 is 27.3 Å². The van der Waals surface area contributed by atoms with E-state index >= 15 is 0 Å². The van der Waals surface area contributed by atoms with Gasteiger partial charge in [0.1, 0.15) is 0 Å². The molecule has 2 nitrogen and oxygen atoms in total. The van der Waals surface area contributed by atoms with Crippen LogP contribution in [-0.4, -0.2) is 30.1 Å². The summed E-state index contributed by atoms with van der Waals surface area (Å²) in [6.07, 6.45) is 7.00. The van der Waals surface area contributed by atoms with Crippen LogP contribution in [0.1, 0.15) is 37.0 Å². The molecule has 0 bridgehead atoms. The van der Waals surface area contributed by atoms with E-state index in [1.54, 1.807) is 0 Å². The third kappa shape index (κ3) is 2.53. The van der Waals surface area contributed by atoms with E-state index in [4.69, 9.17) is 0 Å². The summed E-state index contributed by atoms with van der Waals surface area (Å²) in [5.74, 6) is 0. The van der Waals surface area contributed by atoms with Crippen molar-refractivity contribution in [1.82, 2.24) is 10.2 Å². The molecule has 1 spiro atoms. The first-order valence-electron chi connectivity index (χ1n) is 6.98. The molecule has 4 heteroatoms. The van der Waals surface area contributed by atoms with Crippen LogP contribution in [0.2, 0.25) is 0 Å². The first-order chi connectivity index (χ1) is 8.80. The summed E-state index contributed by atoms with van der Waals surface area (Å²) in [5.41, 5.74) is 0.444. The largest absolute Gasteiger partial charge is 0.314 e. The summed E-state index contributed by atoms with van der Waals surface area (Å²) in [6.45, 7) is 4.66. The van der Waals surface area contributed by atoms with E-state index < -0.39 is 0 Å². The van der Waals surface area contributed by atoms with Gasteiger partial charge < -0.3 is 5.32 Å². The Bertz CT molecular complexity index is 390. The molecule has 0 radical (unpaired) electrons. The second-order valence-corrected chi connectivity index (χ2v) is 7.43. The molecular weight excluding hydrogens is 308 g/mol. The maximum atomic E-state index is 3.67. The van der Waals surface area contributed by atoms with Crippen molar-refractivity contribution in [2.45, 2.75) is 44.2 Å². The van der Waals surface area contributed by atoms with Gasteiger partial charge in [-0.05, 0) is 40.2 Å². The van der Waals surface area contributed by atoms with Gasteiger partial charge in [0, 0.05) is 41.1 Å². The van der Waals surface area contributed by atoms with Gasteiger partial charge >= 0.3 is 0 Å². The van der Waals surface area contributed by atoms with Gasteiger partial charge in [-0.25, -0.2) is 0 Å². The normalized spacial score (nSPS) is 24.5. The first kappa shape index (κ1) is 13.1. The molecule has 0 amide bonds. The van der Waals surface area contributed by atoms with Gasteiger partial charge in [-0.15, -0.1) is 11.3 Å². The van der Waals surface area contributed by atoms with Crippen LogP contribution in [0.4, 0.5) is 0 Å². The van der Waals surface area contributed by atoms with Crippen LogP contribution in [0.5, 0.6) is 0 Å². The molecule has 2 heterocycles. The Morgan fingerprint density at radius 3 is 2.89 bits per heavy atom. The highest BCUT2D eigenvalue weighted by Crippen LogP contribution is 2.37. The van der Waals surface area contributed by atoms with Crippen molar-refractivity contribution >= 4 is 27.3 Å². The highest BCUT2D eigenvalue weighted by atomic mass is 79.9. The molecule has 0 aromatic carbocycles.